The van der Waals surface area contributed by atoms with Gasteiger partial charge >= 0.3 is 0 Å². The topological polar surface area (TPSA) is 36.8 Å². The van der Waals surface area contributed by atoms with Crippen molar-refractivity contribution in [1.29, 1.82) is 0 Å². The number of hydrogen-bond acceptors (Lipinski definition) is 2. The highest BCUT2D eigenvalue weighted by molar-refractivity contribution is 5.84. The van der Waals surface area contributed by atoms with Crippen LogP contribution < -0.4 is 5.32 Å². The van der Waals surface area contributed by atoms with Crippen molar-refractivity contribution in [3.8, 4) is 0 Å². The number of nitrogens with one attached hydrogen (secondary N) is 1. The molecule has 0 atom stereocenters. The molecule has 0 amide bonds. The summed E-state index contributed by atoms with van der Waals surface area (Å²) in [6, 6.07) is 0. The molecular formula is C10H17N3. The van der Waals surface area contributed by atoms with Crippen molar-refractivity contribution in [3.63, 3.8) is 0 Å². The molecule has 0 aromatic carbocycles. The summed E-state index contributed by atoms with van der Waals surface area (Å²) in [6.07, 6.45) is 10.6. The predicted octanol–water partition coefficient (Wildman–Crippen LogP) is 1.76. The lowest BCUT2D eigenvalue weighted by molar-refractivity contribution is 0.636. The monoisotopic (exact) mass is 179 g/mol. The first-order valence-electron chi connectivity index (χ1n) is 4.81. The largest absolute Gasteiger partial charge is 0.384 e. The van der Waals surface area contributed by atoms with Crippen molar-refractivity contribution < 1.29 is 0 Å². The minimum absolute atomic E-state index is 1.06. The average Bonchev–Trinajstić information content (AvgIpc) is 2.08. The third-order valence-electron chi connectivity index (χ3n) is 1.97. The highest BCUT2D eigenvalue weighted by Gasteiger charge is 1.96. The van der Waals surface area contributed by atoms with E-state index < -0.39 is 0 Å². The molecule has 1 aliphatic heterocycles. The summed E-state index contributed by atoms with van der Waals surface area (Å²) in [5.41, 5.74) is 1.12. The third kappa shape index (κ3) is 4.45. The van der Waals surface area contributed by atoms with E-state index in [1.54, 1.807) is 13.4 Å². The first-order valence-corrected chi connectivity index (χ1v) is 4.81. The van der Waals surface area contributed by atoms with E-state index in [1.165, 1.54) is 19.3 Å². The SMILES string of the molecule is CN=CN=C/C1=C/CCCCCN1. The van der Waals surface area contributed by atoms with E-state index in [0.717, 1.165) is 18.7 Å². The Labute approximate surface area is 79.7 Å². The second kappa shape index (κ2) is 6.40. The molecule has 1 heterocycles. The van der Waals surface area contributed by atoms with Gasteiger partial charge < -0.3 is 5.32 Å². The number of hydrogen-bond donors (Lipinski definition) is 1. The number of nitrogens with zero attached hydrogens (tertiary/aromatic N) is 2. The van der Waals surface area contributed by atoms with Crippen LogP contribution >= 0.6 is 0 Å². The molecule has 0 bridgehead atoms. The number of allylic oxidation sites excluding steroid dienone is 2. The molecule has 0 radical (unpaired) electrons. The maximum atomic E-state index is 4.04. The van der Waals surface area contributed by atoms with E-state index in [0.29, 0.717) is 0 Å². The first-order chi connectivity index (χ1) is 6.43. The second-order valence-corrected chi connectivity index (χ2v) is 3.09. The fourth-order valence-corrected chi connectivity index (χ4v) is 1.29. The van der Waals surface area contributed by atoms with Crippen molar-refractivity contribution in [2.45, 2.75) is 25.7 Å². The zero-order chi connectivity index (χ0) is 9.36. The second-order valence-electron chi connectivity index (χ2n) is 3.09. The van der Waals surface area contributed by atoms with Crippen LogP contribution in [0.4, 0.5) is 0 Å². The van der Waals surface area contributed by atoms with Crippen LogP contribution in [0.25, 0.3) is 0 Å². The Morgan fingerprint density at radius 2 is 2.31 bits per heavy atom. The van der Waals surface area contributed by atoms with Gasteiger partial charge in [0.25, 0.3) is 0 Å². The standard InChI is InChI=1S/C10H17N3/c1-11-9-12-8-10-6-4-2-3-5-7-13-10/h6,8-9,13H,2-5,7H2,1H3/b10-6-,11-9?,12-8?. The summed E-state index contributed by atoms with van der Waals surface area (Å²) in [6.45, 7) is 1.06. The molecule has 1 rings (SSSR count). The van der Waals surface area contributed by atoms with Crippen LogP contribution in [-0.4, -0.2) is 26.1 Å². The molecule has 1 aliphatic rings. The molecule has 0 unspecified atom stereocenters. The highest BCUT2D eigenvalue weighted by atomic mass is 14.9. The van der Waals surface area contributed by atoms with Gasteiger partial charge in [-0.25, -0.2) is 4.99 Å². The molecular weight excluding hydrogens is 162 g/mol. The van der Waals surface area contributed by atoms with Gasteiger partial charge in [0, 0.05) is 19.3 Å². The first kappa shape index (κ1) is 9.96. The Kier molecular flexibility index (Phi) is 4.91. The maximum Gasteiger partial charge on any atom is 0.109 e. The molecule has 3 nitrogen and oxygen atoms in total. The average molecular weight is 179 g/mol. The van der Waals surface area contributed by atoms with Crippen LogP contribution in [0.2, 0.25) is 0 Å². The molecule has 0 aromatic heterocycles. The summed E-state index contributed by atoms with van der Waals surface area (Å²) < 4.78 is 0. The fourth-order valence-electron chi connectivity index (χ4n) is 1.29. The summed E-state index contributed by atoms with van der Waals surface area (Å²) >= 11 is 0. The molecule has 0 saturated heterocycles. The van der Waals surface area contributed by atoms with Crippen LogP contribution in [0.5, 0.6) is 0 Å². The number of aliphatic imine (C=N–C) groups is 2. The smallest absolute Gasteiger partial charge is 0.109 e. The quantitative estimate of drug-likeness (QED) is 0.509. The maximum absolute atomic E-state index is 4.04. The van der Waals surface area contributed by atoms with E-state index in [2.05, 4.69) is 21.4 Å². The summed E-state index contributed by atoms with van der Waals surface area (Å²) in [5, 5.41) is 3.33. The highest BCUT2D eigenvalue weighted by Crippen LogP contribution is 2.05. The van der Waals surface area contributed by atoms with Crippen molar-refractivity contribution in [2.75, 3.05) is 13.6 Å². The van der Waals surface area contributed by atoms with Gasteiger partial charge in [-0.15, -0.1) is 0 Å². The Balaban J connectivity index is 2.44. The zero-order valence-electron chi connectivity index (χ0n) is 8.16. The molecule has 0 aromatic rings. The van der Waals surface area contributed by atoms with Gasteiger partial charge in [-0.05, 0) is 19.3 Å². The van der Waals surface area contributed by atoms with Crippen molar-refractivity contribution in [2.24, 2.45) is 9.98 Å². The molecule has 72 valence electrons. The van der Waals surface area contributed by atoms with Crippen molar-refractivity contribution >= 4 is 12.6 Å². The van der Waals surface area contributed by atoms with Gasteiger partial charge in [-0.3, -0.25) is 4.99 Å². The fraction of sp³-hybridized carbons (Fsp3) is 0.600. The molecule has 1 N–H and O–H groups in total. The van der Waals surface area contributed by atoms with Gasteiger partial charge in [0.1, 0.15) is 6.34 Å². The molecule has 13 heavy (non-hydrogen) atoms. The Bertz CT molecular complexity index is 216. The van der Waals surface area contributed by atoms with E-state index in [1.807, 2.05) is 6.21 Å². The van der Waals surface area contributed by atoms with E-state index in [4.69, 9.17) is 0 Å². The minimum Gasteiger partial charge on any atom is -0.384 e. The van der Waals surface area contributed by atoms with Crippen LogP contribution in [0, 0.1) is 0 Å². The van der Waals surface area contributed by atoms with Gasteiger partial charge in [-0.2, -0.15) is 0 Å². The van der Waals surface area contributed by atoms with Crippen molar-refractivity contribution in [1.82, 2.24) is 5.32 Å². The van der Waals surface area contributed by atoms with Crippen LogP contribution in [-0.2, 0) is 0 Å². The Morgan fingerprint density at radius 3 is 3.15 bits per heavy atom. The van der Waals surface area contributed by atoms with Gasteiger partial charge in [0.15, 0.2) is 0 Å². The normalized spacial score (nSPS) is 23.6. The molecule has 0 aliphatic carbocycles. The summed E-state index contributed by atoms with van der Waals surface area (Å²) in [7, 11) is 1.72. The van der Waals surface area contributed by atoms with Gasteiger partial charge in [0.2, 0.25) is 0 Å². The van der Waals surface area contributed by atoms with Gasteiger partial charge in [-0.1, -0.05) is 12.5 Å². The Hall–Kier alpha value is -1.12. The lowest BCUT2D eigenvalue weighted by Crippen LogP contribution is -2.17. The summed E-state index contributed by atoms with van der Waals surface area (Å²) in [4.78, 5) is 7.82. The third-order valence-corrected chi connectivity index (χ3v) is 1.97. The van der Waals surface area contributed by atoms with Gasteiger partial charge in [0.05, 0.1) is 6.21 Å². The molecule has 0 saturated carbocycles. The van der Waals surface area contributed by atoms with E-state index >= 15 is 0 Å². The molecule has 0 fully saturated rings. The Morgan fingerprint density at radius 1 is 1.38 bits per heavy atom. The van der Waals surface area contributed by atoms with E-state index in [-0.39, 0.29) is 0 Å². The van der Waals surface area contributed by atoms with Crippen LogP contribution in [0.15, 0.2) is 21.8 Å². The van der Waals surface area contributed by atoms with Crippen LogP contribution in [0.1, 0.15) is 25.7 Å². The minimum atomic E-state index is 1.06. The van der Waals surface area contributed by atoms with Crippen LogP contribution in [0.3, 0.4) is 0 Å². The lowest BCUT2D eigenvalue weighted by Gasteiger charge is -2.09. The van der Waals surface area contributed by atoms with E-state index in [9.17, 15) is 0 Å². The summed E-state index contributed by atoms with van der Waals surface area (Å²) in [5.74, 6) is 0. The van der Waals surface area contributed by atoms with Crippen molar-refractivity contribution in [3.05, 3.63) is 11.8 Å². The lowest BCUT2D eigenvalue weighted by atomic mass is 10.1. The zero-order valence-corrected chi connectivity index (χ0v) is 8.16. The predicted molar refractivity (Wildman–Crippen MR) is 57.5 cm³/mol. The molecule has 3 heteroatoms. The molecule has 0 spiro atoms. The number of rotatable bonds is 2.